The number of halogens is 1. The average Bonchev–Trinajstić information content (AvgIpc) is 3.00. The second kappa shape index (κ2) is 10.8. The van der Waals surface area contributed by atoms with Gasteiger partial charge < -0.3 is 14.5 Å². The summed E-state index contributed by atoms with van der Waals surface area (Å²) in [5.74, 6) is -0.165. The monoisotopic (exact) mass is 423 g/mol. The molecule has 0 fully saturated rings. The highest BCUT2D eigenvalue weighted by molar-refractivity contribution is 6.32. The van der Waals surface area contributed by atoms with Crippen LogP contribution in [0.25, 0.3) is 5.70 Å². The summed E-state index contributed by atoms with van der Waals surface area (Å²) in [6.07, 6.45) is 6.44. The van der Waals surface area contributed by atoms with Crippen LogP contribution >= 0.6 is 11.6 Å². The summed E-state index contributed by atoms with van der Waals surface area (Å²) in [7, 11) is 1.60. The number of carbonyl (C=O) groups excluding carboxylic acids is 2. The smallest absolute Gasteiger partial charge is 0.410 e. The van der Waals surface area contributed by atoms with Crippen molar-refractivity contribution in [2.45, 2.75) is 46.6 Å². The summed E-state index contributed by atoms with van der Waals surface area (Å²) in [6, 6.07) is 0. The van der Waals surface area contributed by atoms with Gasteiger partial charge in [0.2, 0.25) is 5.91 Å². The Bertz CT molecular complexity index is 793. The molecule has 0 unspecified atom stereocenters. The van der Waals surface area contributed by atoms with E-state index in [0.717, 1.165) is 5.70 Å². The number of hydrogen-bond donors (Lipinski definition) is 0. The van der Waals surface area contributed by atoms with E-state index in [4.69, 9.17) is 16.3 Å². The predicted molar refractivity (Wildman–Crippen MR) is 117 cm³/mol. The molecule has 8 nitrogen and oxygen atoms in total. The molecule has 0 aliphatic carbocycles. The molecule has 0 saturated heterocycles. The summed E-state index contributed by atoms with van der Waals surface area (Å²) >= 11 is 6.27. The number of allylic oxidation sites excluding steroid dienone is 3. The van der Waals surface area contributed by atoms with Crippen LogP contribution < -0.4 is 4.90 Å². The van der Waals surface area contributed by atoms with Gasteiger partial charge in [-0.3, -0.25) is 9.79 Å². The number of ether oxygens (including phenoxy) is 1. The van der Waals surface area contributed by atoms with Gasteiger partial charge in [0, 0.05) is 38.5 Å². The van der Waals surface area contributed by atoms with E-state index in [9.17, 15) is 9.59 Å². The molecule has 2 amide bonds. The lowest BCUT2D eigenvalue weighted by Crippen LogP contribution is -2.38. The minimum absolute atomic E-state index is 0.133. The molecule has 0 bridgehead atoms. The van der Waals surface area contributed by atoms with E-state index in [2.05, 4.69) is 16.8 Å². The van der Waals surface area contributed by atoms with Gasteiger partial charge in [-0.05, 0) is 53.5 Å². The van der Waals surface area contributed by atoms with Crippen LogP contribution in [0.1, 0.15) is 41.0 Å². The van der Waals surface area contributed by atoms with Gasteiger partial charge in [-0.25, -0.2) is 9.48 Å². The molecule has 1 rings (SSSR count). The average molecular weight is 424 g/mol. The summed E-state index contributed by atoms with van der Waals surface area (Å²) in [5.41, 5.74) is 0.721. The lowest BCUT2D eigenvalue weighted by atomic mass is 10.2. The van der Waals surface area contributed by atoms with Gasteiger partial charge in [0.1, 0.15) is 11.3 Å². The van der Waals surface area contributed by atoms with Gasteiger partial charge in [0.25, 0.3) is 0 Å². The summed E-state index contributed by atoms with van der Waals surface area (Å²) in [6.45, 7) is 13.1. The van der Waals surface area contributed by atoms with Crippen molar-refractivity contribution in [3.63, 3.8) is 0 Å². The van der Waals surface area contributed by atoms with E-state index in [1.807, 2.05) is 13.8 Å². The molecule has 0 aliphatic rings. The van der Waals surface area contributed by atoms with Crippen molar-refractivity contribution in [2.75, 3.05) is 25.0 Å². The summed E-state index contributed by atoms with van der Waals surface area (Å²) in [5, 5.41) is 4.48. The Kier molecular flexibility index (Phi) is 9.10. The number of rotatable bonds is 8. The van der Waals surface area contributed by atoms with E-state index >= 15 is 0 Å². The molecule has 0 spiro atoms. The first kappa shape index (κ1) is 24.4. The van der Waals surface area contributed by atoms with Gasteiger partial charge in [-0.2, -0.15) is 5.10 Å². The molecule has 1 heterocycles. The summed E-state index contributed by atoms with van der Waals surface area (Å²) in [4.78, 5) is 31.3. The van der Waals surface area contributed by atoms with Crippen molar-refractivity contribution in [3.05, 3.63) is 29.7 Å². The van der Waals surface area contributed by atoms with Gasteiger partial charge in [-0.15, -0.1) is 0 Å². The Balaban J connectivity index is 2.85. The van der Waals surface area contributed by atoms with E-state index in [1.54, 1.807) is 61.9 Å². The molecule has 1 aromatic heterocycles. The molecular formula is C20H30ClN5O3. The van der Waals surface area contributed by atoms with Crippen LogP contribution in [0.15, 0.2) is 29.5 Å². The van der Waals surface area contributed by atoms with Crippen molar-refractivity contribution < 1.29 is 14.3 Å². The van der Waals surface area contributed by atoms with Crippen LogP contribution in [0.4, 0.5) is 10.5 Å². The van der Waals surface area contributed by atoms with Crippen LogP contribution in [0.3, 0.4) is 0 Å². The predicted octanol–water partition coefficient (Wildman–Crippen LogP) is 4.22. The number of anilines is 1. The quantitative estimate of drug-likeness (QED) is 0.463. The van der Waals surface area contributed by atoms with E-state index in [1.165, 1.54) is 4.90 Å². The Labute approximate surface area is 177 Å². The van der Waals surface area contributed by atoms with Crippen molar-refractivity contribution in [1.82, 2.24) is 14.7 Å². The molecule has 0 aromatic carbocycles. The second-order valence-electron chi connectivity index (χ2n) is 7.37. The van der Waals surface area contributed by atoms with Crippen LogP contribution in [0, 0.1) is 0 Å². The number of carbonyl (C=O) groups is 2. The topological polar surface area (TPSA) is 80.0 Å². The number of aromatic nitrogens is 2. The van der Waals surface area contributed by atoms with Crippen LogP contribution in [0.2, 0.25) is 5.15 Å². The highest BCUT2D eigenvalue weighted by Gasteiger charge is 2.23. The molecule has 0 aliphatic heterocycles. The lowest BCUT2D eigenvalue weighted by molar-refractivity contribution is -0.118. The third-order valence-electron chi connectivity index (χ3n) is 3.82. The van der Waals surface area contributed by atoms with E-state index < -0.39 is 11.7 Å². The van der Waals surface area contributed by atoms with Crippen LogP contribution in [-0.2, 0) is 9.53 Å². The summed E-state index contributed by atoms with van der Waals surface area (Å²) < 4.78 is 6.89. The zero-order valence-corrected chi connectivity index (χ0v) is 18.7. The highest BCUT2D eigenvalue weighted by Crippen LogP contribution is 2.26. The van der Waals surface area contributed by atoms with Crippen molar-refractivity contribution >= 4 is 41.7 Å². The van der Waals surface area contributed by atoms with Crippen LogP contribution in [0.5, 0.6) is 0 Å². The maximum atomic E-state index is 12.7. The van der Waals surface area contributed by atoms with Crippen molar-refractivity contribution in [3.8, 4) is 0 Å². The first-order valence-corrected chi connectivity index (χ1v) is 9.67. The maximum absolute atomic E-state index is 12.7. The molecule has 160 valence electrons. The molecule has 0 atom stereocenters. The molecule has 0 radical (unpaired) electrons. The molecule has 0 saturated carbocycles. The molecule has 29 heavy (non-hydrogen) atoms. The third-order valence-corrected chi connectivity index (χ3v) is 4.09. The number of aliphatic imine (C=N–C) groups is 1. The standard InChI is InChI=1S/C20H30ClN5O3/c1-8-25(17(27)11-13-24(7)19(28)29-20(3,4)5)16-14-26(23-18(16)21)15(2)10-9-12-22-6/h9-10,12,14H,6,8,11,13H2,1-5,7H3. The fourth-order valence-electron chi connectivity index (χ4n) is 2.34. The fourth-order valence-corrected chi connectivity index (χ4v) is 2.57. The lowest BCUT2D eigenvalue weighted by Gasteiger charge is -2.25. The third kappa shape index (κ3) is 7.73. The van der Waals surface area contributed by atoms with Gasteiger partial charge in [-0.1, -0.05) is 11.6 Å². The van der Waals surface area contributed by atoms with E-state index in [0.29, 0.717) is 12.2 Å². The normalized spacial score (nSPS) is 12.2. The Morgan fingerprint density at radius 2 is 2.07 bits per heavy atom. The van der Waals surface area contributed by atoms with Crippen molar-refractivity contribution in [1.29, 1.82) is 0 Å². The largest absolute Gasteiger partial charge is 0.444 e. The number of amides is 2. The first-order chi connectivity index (χ1) is 13.5. The molecular weight excluding hydrogens is 394 g/mol. The SMILES string of the molecule is C=NC=CC=C(C)n1cc(N(CC)C(=O)CCN(C)C(=O)OC(C)(C)C)c(Cl)n1. The number of hydrogen-bond acceptors (Lipinski definition) is 5. The molecule has 1 aromatic rings. The number of nitrogens with zero attached hydrogens (tertiary/aromatic N) is 5. The maximum Gasteiger partial charge on any atom is 0.410 e. The zero-order chi connectivity index (χ0) is 22.2. The Morgan fingerprint density at radius 1 is 1.41 bits per heavy atom. The minimum Gasteiger partial charge on any atom is -0.444 e. The van der Waals surface area contributed by atoms with E-state index in [-0.39, 0.29) is 24.0 Å². The van der Waals surface area contributed by atoms with Gasteiger partial charge in [0.05, 0.1) is 6.20 Å². The zero-order valence-electron chi connectivity index (χ0n) is 18.0. The molecule has 9 heteroatoms. The van der Waals surface area contributed by atoms with Crippen molar-refractivity contribution in [2.24, 2.45) is 4.99 Å². The minimum atomic E-state index is -0.588. The van der Waals surface area contributed by atoms with Gasteiger partial charge >= 0.3 is 6.09 Å². The Hall–Kier alpha value is -2.61. The fraction of sp³-hybridized carbons (Fsp3) is 0.500. The Morgan fingerprint density at radius 3 is 2.62 bits per heavy atom. The highest BCUT2D eigenvalue weighted by atomic mass is 35.5. The molecule has 0 N–H and O–H groups in total. The first-order valence-electron chi connectivity index (χ1n) is 9.29. The van der Waals surface area contributed by atoms with Gasteiger partial charge in [0.15, 0.2) is 5.15 Å². The second-order valence-corrected chi connectivity index (χ2v) is 7.73. The van der Waals surface area contributed by atoms with Crippen LogP contribution in [-0.4, -0.2) is 59.1 Å².